The van der Waals surface area contributed by atoms with E-state index in [-0.39, 0.29) is 11.9 Å². The molecule has 3 rings (SSSR count). The topological polar surface area (TPSA) is 67.1 Å². The van der Waals surface area contributed by atoms with E-state index in [0.29, 0.717) is 6.61 Å². The number of nitrogens with zero attached hydrogens (tertiary/aromatic N) is 2. The monoisotopic (exact) mass is 403 g/mol. The molecule has 1 N–H and O–H groups in total. The van der Waals surface area contributed by atoms with Crippen molar-refractivity contribution in [3.8, 4) is 0 Å². The highest BCUT2D eigenvalue weighted by atomic mass is 32.1. The zero-order valence-corrected chi connectivity index (χ0v) is 17.2. The first-order chi connectivity index (χ1) is 13.8. The second-order valence-corrected chi connectivity index (χ2v) is 7.84. The zero-order valence-electron chi connectivity index (χ0n) is 16.4. The summed E-state index contributed by atoms with van der Waals surface area (Å²) < 4.78 is 10.6. The van der Waals surface area contributed by atoms with E-state index in [9.17, 15) is 4.79 Å². The minimum atomic E-state index is -0.0656. The minimum Gasteiger partial charge on any atom is -0.469 e. The average Bonchev–Trinajstić information content (AvgIpc) is 3.41. The average molecular weight is 404 g/mol. The molecule has 0 atom stereocenters. The van der Waals surface area contributed by atoms with Gasteiger partial charge in [-0.3, -0.25) is 9.79 Å². The highest BCUT2D eigenvalue weighted by Gasteiger charge is 2.27. The molecule has 1 aliphatic heterocycles. The molecule has 0 aromatic carbocycles. The van der Waals surface area contributed by atoms with Crippen molar-refractivity contribution in [3.63, 3.8) is 0 Å². The molecule has 0 bridgehead atoms. The van der Waals surface area contributed by atoms with Crippen LogP contribution in [0.5, 0.6) is 0 Å². The molecule has 0 aliphatic carbocycles. The van der Waals surface area contributed by atoms with Crippen molar-refractivity contribution in [1.29, 1.82) is 0 Å². The molecule has 7 heteroatoms. The van der Waals surface area contributed by atoms with E-state index in [1.807, 2.05) is 19.1 Å². The van der Waals surface area contributed by atoms with Gasteiger partial charge < -0.3 is 19.4 Å². The number of nitrogens with one attached hydrogen (secondary N) is 1. The van der Waals surface area contributed by atoms with Crippen molar-refractivity contribution >= 4 is 23.3 Å². The summed E-state index contributed by atoms with van der Waals surface area (Å²) in [5.74, 6) is 1.83. The van der Waals surface area contributed by atoms with Gasteiger partial charge in [0.1, 0.15) is 5.76 Å². The quantitative estimate of drug-likeness (QED) is 0.416. The summed E-state index contributed by atoms with van der Waals surface area (Å²) in [5.41, 5.74) is 0. The summed E-state index contributed by atoms with van der Waals surface area (Å²) in [6.07, 6.45) is 5.08. The Labute approximate surface area is 170 Å². The predicted molar refractivity (Wildman–Crippen MR) is 112 cm³/mol. The Morgan fingerprint density at radius 2 is 2.18 bits per heavy atom. The van der Waals surface area contributed by atoms with Crippen LogP contribution >= 0.6 is 11.3 Å². The molecular weight excluding hydrogens is 374 g/mol. The number of furan rings is 1. The Bertz CT molecular complexity index is 720. The van der Waals surface area contributed by atoms with Crippen LogP contribution in [-0.4, -0.2) is 49.6 Å². The number of ether oxygens (including phenoxy) is 1. The Kier molecular flexibility index (Phi) is 7.96. The number of thiophene rings is 1. The molecule has 1 saturated heterocycles. The normalized spacial score (nSPS) is 15.6. The van der Waals surface area contributed by atoms with E-state index >= 15 is 0 Å². The lowest BCUT2D eigenvalue weighted by Crippen LogP contribution is -2.47. The Morgan fingerprint density at radius 1 is 1.32 bits per heavy atom. The van der Waals surface area contributed by atoms with E-state index in [1.54, 1.807) is 17.6 Å². The number of rotatable bonds is 8. The van der Waals surface area contributed by atoms with Crippen LogP contribution in [-0.2, 0) is 22.4 Å². The van der Waals surface area contributed by atoms with Crippen LogP contribution in [0.25, 0.3) is 0 Å². The Hall–Kier alpha value is -2.28. The maximum atomic E-state index is 12.0. The number of hydrogen-bond acceptors (Lipinski definition) is 5. The number of likely N-dealkylation sites (tertiary alicyclic amines) is 1. The van der Waals surface area contributed by atoms with Crippen LogP contribution in [0.1, 0.15) is 30.4 Å². The fourth-order valence-corrected chi connectivity index (χ4v) is 4.03. The minimum absolute atomic E-state index is 0.00619. The number of carbonyl (C=O) groups excluding carboxylic acids is 1. The maximum Gasteiger partial charge on any atom is 0.309 e. The maximum absolute atomic E-state index is 12.0. The summed E-state index contributed by atoms with van der Waals surface area (Å²) in [7, 11) is 0. The van der Waals surface area contributed by atoms with Crippen molar-refractivity contribution in [2.45, 2.75) is 32.6 Å². The van der Waals surface area contributed by atoms with Crippen LogP contribution in [0.15, 0.2) is 45.3 Å². The Morgan fingerprint density at radius 3 is 2.86 bits per heavy atom. The molecule has 152 valence electrons. The Balaban J connectivity index is 1.54. The van der Waals surface area contributed by atoms with Crippen LogP contribution in [0.2, 0.25) is 0 Å². The first-order valence-corrected chi connectivity index (χ1v) is 10.9. The summed E-state index contributed by atoms with van der Waals surface area (Å²) in [5, 5.41) is 5.58. The van der Waals surface area contributed by atoms with Gasteiger partial charge in [0, 0.05) is 43.9 Å². The van der Waals surface area contributed by atoms with E-state index in [2.05, 4.69) is 27.7 Å². The van der Waals surface area contributed by atoms with E-state index in [1.165, 1.54) is 4.88 Å². The van der Waals surface area contributed by atoms with Crippen molar-refractivity contribution in [2.75, 3.05) is 32.8 Å². The summed E-state index contributed by atoms with van der Waals surface area (Å²) >= 11 is 1.77. The second kappa shape index (κ2) is 10.9. The molecule has 2 aromatic heterocycles. The molecule has 0 saturated carbocycles. The highest BCUT2D eigenvalue weighted by Crippen LogP contribution is 2.19. The van der Waals surface area contributed by atoms with Crippen molar-refractivity contribution in [3.05, 3.63) is 46.5 Å². The van der Waals surface area contributed by atoms with Gasteiger partial charge in [0.15, 0.2) is 5.96 Å². The van der Waals surface area contributed by atoms with E-state index in [0.717, 1.165) is 63.6 Å². The van der Waals surface area contributed by atoms with Crippen LogP contribution in [0, 0.1) is 5.92 Å². The molecule has 0 spiro atoms. The molecule has 6 nitrogen and oxygen atoms in total. The molecule has 28 heavy (non-hydrogen) atoms. The van der Waals surface area contributed by atoms with Crippen LogP contribution in [0.4, 0.5) is 0 Å². The standard InChI is InChI=1S/C21H29N3O3S/c1-2-26-20(25)17-9-13-24(14-10-17)21(22-11-7-18-5-3-15-27-18)23-12-8-19-6-4-16-28-19/h3-6,15-17H,2,7-14H2,1H3,(H,22,23). The van der Waals surface area contributed by atoms with Gasteiger partial charge in [-0.2, -0.15) is 0 Å². The zero-order chi connectivity index (χ0) is 19.6. The van der Waals surface area contributed by atoms with Crippen molar-refractivity contribution < 1.29 is 13.9 Å². The third-order valence-electron chi connectivity index (χ3n) is 4.85. The lowest BCUT2D eigenvalue weighted by Gasteiger charge is -2.33. The van der Waals surface area contributed by atoms with Crippen molar-refractivity contribution in [1.82, 2.24) is 10.2 Å². The van der Waals surface area contributed by atoms with Gasteiger partial charge >= 0.3 is 5.97 Å². The third-order valence-corrected chi connectivity index (χ3v) is 5.79. The molecule has 0 amide bonds. The molecule has 3 heterocycles. The molecular formula is C21H29N3O3S. The van der Waals surface area contributed by atoms with Gasteiger partial charge in [-0.05, 0) is 43.3 Å². The molecule has 0 radical (unpaired) electrons. The number of piperidine rings is 1. The van der Waals surface area contributed by atoms with Crippen LogP contribution in [0.3, 0.4) is 0 Å². The smallest absolute Gasteiger partial charge is 0.309 e. The van der Waals surface area contributed by atoms with Gasteiger partial charge in [-0.1, -0.05) is 6.07 Å². The number of guanidine groups is 1. The van der Waals surface area contributed by atoms with E-state index < -0.39 is 0 Å². The molecule has 1 aliphatic rings. The van der Waals surface area contributed by atoms with Gasteiger partial charge in [-0.25, -0.2) is 0 Å². The summed E-state index contributed by atoms with van der Waals surface area (Å²) in [6.45, 7) is 5.45. The number of hydrogen-bond donors (Lipinski definition) is 1. The SMILES string of the molecule is CCOC(=O)C1CCN(C(=NCCc2cccs2)NCCc2ccco2)CC1. The lowest BCUT2D eigenvalue weighted by atomic mass is 9.97. The second-order valence-electron chi connectivity index (χ2n) is 6.80. The first kappa shape index (κ1) is 20.5. The predicted octanol–water partition coefficient (Wildman–Crippen LogP) is 3.35. The van der Waals surface area contributed by atoms with Crippen LogP contribution < -0.4 is 5.32 Å². The lowest BCUT2D eigenvalue weighted by molar-refractivity contribution is -0.149. The van der Waals surface area contributed by atoms with E-state index in [4.69, 9.17) is 14.1 Å². The molecule has 1 fully saturated rings. The molecule has 2 aromatic rings. The fraction of sp³-hybridized carbons (Fsp3) is 0.524. The summed E-state index contributed by atoms with van der Waals surface area (Å²) in [6, 6.07) is 8.12. The summed E-state index contributed by atoms with van der Waals surface area (Å²) in [4.78, 5) is 20.4. The van der Waals surface area contributed by atoms with Crippen molar-refractivity contribution in [2.24, 2.45) is 10.9 Å². The van der Waals surface area contributed by atoms with Gasteiger partial charge in [0.05, 0.1) is 18.8 Å². The van der Waals surface area contributed by atoms with Gasteiger partial charge in [0.2, 0.25) is 0 Å². The number of esters is 1. The van der Waals surface area contributed by atoms with Gasteiger partial charge in [-0.15, -0.1) is 11.3 Å². The van der Waals surface area contributed by atoms with Gasteiger partial charge in [0.25, 0.3) is 0 Å². The highest BCUT2D eigenvalue weighted by molar-refractivity contribution is 7.09. The number of aliphatic imine (C=N–C) groups is 1. The number of carbonyl (C=O) groups is 1. The largest absolute Gasteiger partial charge is 0.469 e. The molecule has 0 unspecified atom stereocenters. The fourth-order valence-electron chi connectivity index (χ4n) is 3.33. The third kappa shape index (κ3) is 6.12. The first-order valence-electron chi connectivity index (χ1n) is 10.0.